The predicted molar refractivity (Wildman–Crippen MR) is 83.6 cm³/mol. The molecule has 3 rings (SSSR count). The molecule has 1 amide bonds. The second-order valence-electron chi connectivity index (χ2n) is 4.33. The number of hydrazine groups is 1. The van der Waals surface area contributed by atoms with E-state index in [1.54, 1.807) is 6.07 Å². The summed E-state index contributed by atoms with van der Waals surface area (Å²) in [7, 11) is 0. The zero-order valence-corrected chi connectivity index (χ0v) is 12.2. The summed E-state index contributed by atoms with van der Waals surface area (Å²) in [6.07, 6.45) is 2.87. The van der Waals surface area contributed by atoms with Crippen LogP contribution in [0, 0.1) is 0 Å². The zero-order chi connectivity index (χ0) is 14.8. The number of fused-ring (bicyclic) bond motifs is 1. The van der Waals surface area contributed by atoms with Crippen molar-refractivity contribution < 1.29 is 4.79 Å². The summed E-state index contributed by atoms with van der Waals surface area (Å²) in [4.78, 5) is 19.0. The van der Waals surface area contributed by atoms with Crippen molar-refractivity contribution in [1.82, 2.24) is 15.4 Å². The van der Waals surface area contributed by atoms with Crippen molar-refractivity contribution in [3.63, 3.8) is 0 Å². The molecule has 0 saturated heterocycles. The van der Waals surface area contributed by atoms with Crippen LogP contribution in [0.1, 0.15) is 10.5 Å². The van der Waals surface area contributed by atoms with E-state index in [-0.39, 0.29) is 5.91 Å². The molecule has 0 aliphatic heterocycles. The maximum atomic E-state index is 12.1. The summed E-state index contributed by atoms with van der Waals surface area (Å²) in [6, 6.07) is 9.40. The summed E-state index contributed by atoms with van der Waals surface area (Å²) >= 11 is 11.9. The highest BCUT2D eigenvalue weighted by Gasteiger charge is 2.11. The summed E-state index contributed by atoms with van der Waals surface area (Å²) in [5, 5.41) is 1.60. The van der Waals surface area contributed by atoms with Gasteiger partial charge < -0.3 is 4.98 Å². The van der Waals surface area contributed by atoms with Crippen LogP contribution in [0.15, 0.2) is 42.7 Å². The van der Waals surface area contributed by atoms with Gasteiger partial charge in [0.25, 0.3) is 5.91 Å². The third-order valence-corrected chi connectivity index (χ3v) is 3.50. The van der Waals surface area contributed by atoms with Crippen LogP contribution in [-0.2, 0) is 0 Å². The van der Waals surface area contributed by atoms with E-state index in [0.717, 1.165) is 10.9 Å². The van der Waals surface area contributed by atoms with Crippen molar-refractivity contribution >= 4 is 45.7 Å². The first-order valence-electron chi connectivity index (χ1n) is 6.08. The summed E-state index contributed by atoms with van der Waals surface area (Å²) < 4.78 is 0. The lowest BCUT2D eigenvalue weighted by Gasteiger charge is -2.10. The van der Waals surface area contributed by atoms with Gasteiger partial charge in [-0.3, -0.25) is 20.6 Å². The van der Waals surface area contributed by atoms with E-state index >= 15 is 0 Å². The molecular formula is C14H10Cl2N4O. The predicted octanol–water partition coefficient (Wildman–Crippen LogP) is 3.63. The third kappa shape index (κ3) is 2.79. The monoisotopic (exact) mass is 320 g/mol. The van der Waals surface area contributed by atoms with Crippen molar-refractivity contribution in [3.8, 4) is 0 Å². The minimum absolute atomic E-state index is 0.319. The molecule has 5 nitrogen and oxygen atoms in total. The van der Waals surface area contributed by atoms with Crippen LogP contribution >= 0.6 is 23.2 Å². The smallest absolute Gasteiger partial charge is 0.286 e. The van der Waals surface area contributed by atoms with Crippen LogP contribution in [0.5, 0.6) is 0 Å². The first-order chi connectivity index (χ1) is 10.1. The molecule has 1 aromatic carbocycles. The number of para-hydroxylation sites is 1. The first-order valence-corrected chi connectivity index (χ1v) is 6.84. The Balaban J connectivity index is 1.77. The molecule has 0 aliphatic rings. The van der Waals surface area contributed by atoms with Crippen LogP contribution in [-0.4, -0.2) is 15.9 Å². The number of hydrogen-bond acceptors (Lipinski definition) is 3. The molecule has 0 atom stereocenters. The number of aromatic amines is 1. The summed E-state index contributed by atoms with van der Waals surface area (Å²) in [5.41, 5.74) is 6.97. The quantitative estimate of drug-likeness (QED) is 0.645. The van der Waals surface area contributed by atoms with Gasteiger partial charge in [0.2, 0.25) is 0 Å². The lowest BCUT2D eigenvalue weighted by molar-refractivity contribution is 0.0958. The van der Waals surface area contributed by atoms with Gasteiger partial charge in [-0.2, -0.15) is 0 Å². The van der Waals surface area contributed by atoms with Gasteiger partial charge in [-0.05, 0) is 12.1 Å². The largest absolute Gasteiger partial charge is 0.350 e. The number of nitrogens with zero attached hydrogens (tertiary/aromatic N) is 1. The number of hydrogen-bond donors (Lipinski definition) is 3. The van der Waals surface area contributed by atoms with Gasteiger partial charge in [0.05, 0.1) is 15.7 Å². The number of H-pyrrole nitrogens is 1. The molecule has 0 radical (unpaired) electrons. The van der Waals surface area contributed by atoms with Crippen molar-refractivity contribution in [2.24, 2.45) is 0 Å². The fourth-order valence-electron chi connectivity index (χ4n) is 1.91. The summed E-state index contributed by atoms with van der Waals surface area (Å²) in [5.74, 6) is -0.324. The van der Waals surface area contributed by atoms with E-state index in [4.69, 9.17) is 23.2 Å². The van der Waals surface area contributed by atoms with Crippen molar-refractivity contribution in [2.75, 3.05) is 5.43 Å². The second-order valence-corrected chi connectivity index (χ2v) is 5.14. The molecule has 0 fully saturated rings. The molecule has 7 heteroatoms. The number of halogens is 2. The Morgan fingerprint density at radius 2 is 1.86 bits per heavy atom. The van der Waals surface area contributed by atoms with Crippen molar-refractivity contribution in [3.05, 3.63) is 58.5 Å². The standard InChI is InChI=1S/C14H10Cl2N4O/c15-9-6-17-7-10(16)13(9)19-20-14(21)12-5-8-3-1-2-4-11(8)18-12/h1-7,18H,(H,17,19)(H,20,21). The lowest BCUT2D eigenvalue weighted by Crippen LogP contribution is -2.29. The normalized spacial score (nSPS) is 10.6. The molecule has 106 valence electrons. The summed E-state index contributed by atoms with van der Waals surface area (Å²) in [6.45, 7) is 0. The molecule has 0 unspecified atom stereocenters. The minimum Gasteiger partial charge on any atom is -0.350 e. The molecule has 3 aromatic rings. The lowest BCUT2D eigenvalue weighted by atomic mass is 10.2. The number of carbonyl (C=O) groups is 1. The van der Waals surface area contributed by atoms with Crippen LogP contribution in [0.3, 0.4) is 0 Å². The van der Waals surface area contributed by atoms with Gasteiger partial charge in [-0.15, -0.1) is 0 Å². The number of rotatable bonds is 3. The Bertz CT molecular complexity index is 762. The molecule has 2 heterocycles. The zero-order valence-electron chi connectivity index (χ0n) is 10.7. The Morgan fingerprint density at radius 1 is 1.14 bits per heavy atom. The molecular weight excluding hydrogens is 311 g/mol. The highest BCUT2D eigenvalue weighted by atomic mass is 35.5. The highest BCUT2D eigenvalue weighted by Crippen LogP contribution is 2.27. The molecule has 0 aliphatic carbocycles. The van der Waals surface area contributed by atoms with E-state index in [2.05, 4.69) is 20.8 Å². The third-order valence-electron chi connectivity index (χ3n) is 2.93. The molecule has 3 N–H and O–H groups in total. The molecule has 0 saturated carbocycles. The van der Waals surface area contributed by atoms with Gasteiger partial charge >= 0.3 is 0 Å². The van der Waals surface area contributed by atoms with Crippen molar-refractivity contribution in [2.45, 2.75) is 0 Å². The SMILES string of the molecule is O=C(NNc1c(Cl)cncc1Cl)c1cc2ccccc2[nH]1. The number of nitrogens with one attached hydrogen (secondary N) is 3. The second kappa shape index (κ2) is 5.63. The number of pyridine rings is 1. The molecule has 0 bridgehead atoms. The minimum atomic E-state index is -0.324. The number of amides is 1. The van der Waals surface area contributed by atoms with E-state index in [0.29, 0.717) is 21.4 Å². The number of benzene rings is 1. The Kier molecular flexibility index (Phi) is 3.68. The fraction of sp³-hybridized carbons (Fsp3) is 0. The fourth-order valence-corrected chi connectivity index (χ4v) is 2.37. The van der Waals surface area contributed by atoms with Gasteiger partial charge in [0.15, 0.2) is 0 Å². The molecule has 21 heavy (non-hydrogen) atoms. The average molecular weight is 321 g/mol. The average Bonchev–Trinajstić information content (AvgIpc) is 2.90. The Morgan fingerprint density at radius 3 is 2.57 bits per heavy atom. The van der Waals surface area contributed by atoms with Crippen LogP contribution in [0.2, 0.25) is 10.0 Å². The maximum absolute atomic E-state index is 12.1. The van der Waals surface area contributed by atoms with Gasteiger partial charge in [-0.25, -0.2) is 0 Å². The number of aromatic nitrogens is 2. The van der Waals surface area contributed by atoms with Gasteiger partial charge in [-0.1, -0.05) is 41.4 Å². The maximum Gasteiger partial charge on any atom is 0.286 e. The first kappa shape index (κ1) is 13.7. The van der Waals surface area contributed by atoms with Crippen molar-refractivity contribution in [1.29, 1.82) is 0 Å². The topological polar surface area (TPSA) is 69.8 Å². The van der Waals surface area contributed by atoms with Gasteiger partial charge in [0, 0.05) is 23.3 Å². The van der Waals surface area contributed by atoms with E-state index < -0.39 is 0 Å². The number of carbonyl (C=O) groups excluding carboxylic acids is 1. The Labute approximate surface area is 130 Å². The number of anilines is 1. The van der Waals surface area contributed by atoms with Crippen LogP contribution in [0.4, 0.5) is 5.69 Å². The Hall–Kier alpha value is -2.24. The van der Waals surface area contributed by atoms with E-state index in [9.17, 15) is 4.79 Å². The van der Waals surface area contributed by atoms with E-state index in [1.165, 1.54) is 12.4 Å². The van der Waals surface area contributed by atoms with Crippen LogP contribution in [0.25, 0.3) is 10.9 Å². The molecule has 2 aromatic heterocycles. The van der Waals surface area contributed by atoms with Crippen LogP contribution < -0.4 is 10.9 Å². The molecule has 0 spiro atoms. The highest BCUT2D eigenvalue weighted by molar-refractivity contribution is 6.38. The van der Waals surface area contributed by atoms with E-state index in [1.807, 2.05) is 24.3 Å². The van der Waals surface area contributed by atoms with Gasteiger partial charge in [0.1, 0.15) is 5.69 Å².